The van der Waals surface area contributed by atoms with Gasteiger partial charge in [-0.25, -0.2) is 4.79 Å². The summed E-state index contributed by atoms with van der Waals surface area (Å²) in [4.78, 5) is 16.0. The Kier molecular flexibility index (Phi) is 5.13. The summed E-state index contributed by atoms with van der Waals surface area (Å²) >= 11 is 5.87. The molecule has 1 heterocycles. The topological polar surface area (TPSA) is 63.2 Å². The van der Waals surface area contributed by atoms with Crippen LogP contribution in [0.4, 0.5) is 10.5 Å². The highest BCUT2D eigenvalue weighted by molar-refractivity contribution is 6.30. The van der Waals surface area contributed by atoms with Crippen molar-refractivity contribution in [2.45, 2.75) is 0 Å². The Balaban J connectivity index is 1.45. The summed E-state index contributed by atoms with van der Waals surface area (Å²) in [7, 11) is 0. The van der Waals surface area contributed by atoms with Crippen molar-refractivity contribution < 1.29 is 9.53 Å². The van der Waals surface area contributed by atoms with Crippen LogP contribution < -0.4 is 15.4 Å². The van der Waals surface area contributed by atoms with Crippen LogP contribution >= 0.6 is 11.6 Å². The Morgan fingerprint density at radius 3 is 2.92 bits per heavy atom. The number of urea groups is 1. The van der Waals surface area contributed by atoms with Gasteiger partial charge >= 0.3 is 6.03 Å². The molecular formula is C18H16ClN3O2. The number of benzene rings is 2. The molecule has 0 aliphatic heterocycles. The standard InChI is InChI=1S/C18H16ClN3O2/c19-14-4-1-5-15(12-14)22-18(23)21-9-10-24-16-6-7-17-13(11-16)3-2-8-20-17/h1-8,11-12H,9-10H2,(H2,21,22,23). The molecule has 0 saturated carbocycles. The number of hydrogen-bond donors (Lipinski definition) is 2. The van der Waals surface area contributed by atoms with E-state index in [1.54, 1.807) is 30.5 Å². The molecule has 5 nitrogen and oxygen atoms in total. The van der Waals surface area contributed by atoms with Gasteiger partial charge in [0.2, 0.25) is 0 Å². The van der Waals surface area contributed by atoms with Crippen LogP contribution in [0.5, 0.6) is 5.75 Å². The third-order valence-electron chi connectivity index (χ3n) is 3.31. The number of pyridine rings is 1. The number of nitrogens with zero attached hydrogens (tertiary/aromatic N) is 1. The smallest absolute Gasteiger partial charge is 0.319 e. The summed E-state index contributed by atoms with van der Waals surface area (Å²) in [6, 6.07) is 16.2. The largest absolute Gasteiger partial charge is 0.492 e. The lowest BCUT2D eigenvalue weighted by atomic mass is 10.2. The van der Waals surface area contributed by atoms with Crippen LogP contribution in [0, 0.1) is 0 Å². The second-order valence-electron chi connectivity index (χ2n) is 5.10. The summed E-state index contributed by atoms with van der Waals surface area (Å²) in [6.45, 7) is 0.756. The maximum atomic E-state index is 11.8. The van der Waals surface area contributed by atoms with E-state index < -0.39 is 0 Å². The van der Waals surface area contributed by atoms with Crippen molar-refractivity contribution in [1.82, 2.24) is 10.3 Å². The highest BCUT2D eigenvalue weighted by atomic mass is 35.5. The Morgan fingerprint density at radius 2 is 2.04 bits per heavy atom. The van der Waals surface area contributed by atoms with E-state index in [2.05, 4.69) is 15.6 Å². The first-order chi connectivity index (χ1) is 11.7. The van der Waals surface area contributed by atoms with Crippen LogP contribution in [0.3, 0.4) is 0 Å². The first-order valence-electron chi connectivity index (χ1n) is 7.49. The minimum Gasteiger partial charge on any atom is -0.492 e. The van der Waals surface area contributed by atoms with Gasteiger partial charge in [0, 0.05) is 22.3 Å². The van der Waals surface area contributed by atoms with E-state index in [1.165, 1.54) is 0 Å². The van der Waals surface area contributed by atoms with Gasteiger partial charge in [-0.15, -0.1) is 0 Å². The number of ether oxygens (including phenoxy) is 1. The zero-order valence-electron chi connectivity index (χ0n) is 12.8. The number of hydrogen-bond acceptors (Lipinski definition) is 3. The number of nitrogens with one attached hydrogen (secondary N) is 2. The fourth-order valence-corrected chi connectivity index (χ4v) is 2.41. The van der Waals surface area contributed by atoms with Crippen molar-refractivity contribution in [2.24, 2.45) is 0 Å². The molecule has 3 aromatic rings. The van der Waals surface area contributed by atoms with E-state index in [1.807, 2.05) is 30.3 Å². The number of carbonyl (C=O) groups excluding carboxylic acids is 1. The Morgan fingerprint density at radius 1 is 1.12 bits per heavy atom. The fourth-order valence-electron chi connectivity index (χ4n) is 2.22. The molecule has 0 unspecified atom stereocenters. The van der Waals surface area contributed by atoms with E-state index >= 15 is 0 Å². The zero-order valence-corrected chi connectivity index (χ0v) is 13.6. The van der Waals surface area contributed by atoms with Crippen molar-refractivity contribution in [3.05, 3.63) is 65.8 Å². The summed E-state index contributed by atoms with van der Waals surface area (Å²) in [5, 5.41) is 7.02. The van der Waals surface area contributed by atoms with Gasteiger partial charge in [-0.05, 0) is 42.5 Å². The molecule has 3 rings (SSSR count). The van der Waals surface area contributed by atoms with Gasteiger partial charge in [0.05, 0.1) is 12.1 Å². The lowest BCUT2D eigenvalue weighted by Crippen LogP contribution is -2.32. The van der Waals surface area contributed by atoms with Crippen LogP contribution in [0.15, 0.2) is 60.8 Å². The SMILES string of the molecule is O=C(NCCOc1ccc2ncccc2c1)Nc1cccc(Cl)c1. The van der Waals surface area contributed by atoms with Crippen molar-refractivity contribution in [1.29, 1.82) is 0 Å². The number of anilines is 1. The van der Waals surface area contributed by atoms with Gasteiger partial charge in [0.25, 0.3) is 0 Å². The predicted molar refractivity (Wildman–Crippen MR) is 95.7 cm³/mol. The van der Waals surface area contributed by atoms with Crippen LogP contribution in [0.1, 0.15) is 0 Å². The first-order valence-corrected chi connectivity index (χ1v) is 7.86. The molecule has 0 radical (unpaired) electrons. The quantitative estimate of drug-likeness (QED) is 0.687. The molecule has 0 aliphatic carbocycles. The molecule has 122 valence electrons. The molecule has 0 bridgehead atoms. The lowest BCUT2D eigenvalue weighted by Gasteiger charge is -2.09. The molecule has 2 N–H and O–H groups in total. The van der Waals surface area contributed by atoms with Gasteiger partial charge in [0.15, 0.2) is 0 Å². The molecule has 0 spiro atoms. The molecule has 0 atom stereocenters. The first kappa shape index (κ1) is 16.1. The Labute approximate surface area is 144 Å². The summed E-state index contributed by atoms with van der Waals surface area (Å²) in [6.07, 6.45) is 1.76. The second-order valence-corrected chi connectivity index (χ2v) is 5.53. The average Bonchev–Trinajstić information content (AvgIpc) is 2.58. The second kappa shape index (κ2) is 7.66. The molecule has 0 aliphatic rings. The predicted octanol–water partition coefficient (Wildman–Crippen LogP) is 4.09. The molecule has 2 amide bonds. The maximum absolute atomic E-state index is 11.8. The number of fused-ring (bicyclic) bond motifs is 1. The van der Waals surface area contributed by atoms with E-state index in [-0.39, 0.29) is 6.03 Å². The van der Waals surface area contributed by atoms with Crippen LogP contribution in [-0.2, 0) is 0 Å². The lowest BCUT2D eigenvalue weighted by molar-refractivity contribution is 0.247. The number of rotatable bonds is 5. The average molecular weight is 342 g/mol. The third kappa shape index (κ3) is 4.36. The summed E-state index contributed by atoms with van der Waals surface area (Å²) in [5.74, 6) is 0.743. The molecule has 0 saturated heterocycles. The zero-order chi connectivity index (χ0) is 16.8. The highest BCUT2D eigenvalue weighted by Crippen LogP contribution is 2.18. The van der Waals surface area contributed by atoms with E-state index in [0.29, 0.717) is 23.9 Å². The number of aromatic nitrogens is 1. The Hall–Kier alpha value is -2.79. The van der Waals surface area contributed by atoms with Gasteiger partial charge in [-0.1, -0.05) is 23.7 Å². The molecule has 6 heteroatoms. The fraction of sp³-hybridized carbons (Fsp3) is 0.111. The molecule has 0 fully saturated rings. The van der Waals surface area contributed by atoms with Gasteiger partial charge in [-0.2, -0.15) is 0 Å². The molecule has 2 aromatic carbocycles. The minimum atomic E-state index is -0.302. The number of halogens is 1. The third-order valence-corrected chi connectivity index (χ3v) is 3.55. The minimum absolute atomic E-state index is 0.302. The summed E-state index contributed by atoms with van der Waals surface area (Å²) in [5.41, 5.74) is 1.56. The summed E-state index contributed by atoms with van der Waals surface area (Å²) < 4.78 is 5.64. The van der Waals surface area contributed by atoms with E-state index in [0.717, 1.165) is 16.7 Å². The van der Waals surface area contributed by atoms with Gasteiger partial charge in [0.1, 0.15) is 12.4 Å². The monoisotopic (exact) mass is 341 g/mol. The Bertz CT molecular complexity index is 854. The molecule has 1 aromatic heterocycles. The number of carbonyl (C=O) groups is 1. The van der Waals surface area contributed by atoms with Crippen molar-refractivity contribution in [3.63, 3.8) is 0 Å². The molecular weight excluding hydrogens is 326 g/mol. The van der Waals surface area contributed by atoms with Gasteiger partial charge in [-0.3, -0.25) is 4.98 Å². The van der Waals surface area contributed by atoms with Crippen molar-refractivity contribution in [3.8, 4) is 5.75 Å². The molecule has 24 heavy (non-hydrogen) atoms. The van der Waals surface area contributed by atoms with Crippen molar-refractivity contribution >= 4 is 34.2 Å². The van der Waals surface area contributed by atoms with Crippen LogP contribution in [-0.4, -0.2) is 24.2 Å². The normalized spacial score (nSPS) is 10.4. The van der Waals surface area contributed by atoms with Gasteiger partial charge < -0.3 is 15.4 Å². The van der Waals surface area contributed by atoms with E-state index in [4.69, 9.17) is 16.3 Å². The van der Waals surface area contributed by atoms with Crippen molar-refractivity contribution in [2.75, 3.05) is 18.5 Å². The number of amides is 2. The van der Waals surface area contributed by atoms with Crippen LogP contribution in [0.25, 0.3) is 10.9 Å². The van der Waals surface area contributed by atoms with E-state index in [9.17, 15) is 4.79 Å². The van der Waals surface area contributed by atoms with Crippen LogP contribution in [0.2, 0.25) is 5.02 Å². The maximum Gasteiger partial charge on any atom is 0.319 e. The highest BCUT2D eigenvalue weighted by Gasteiger charge is 2.02.